The summed E-state index contributed by atoms with van der Waals surface area (Å²) in [7, 11) is 1.39. The lowest BCUT2D eigenvalue weighted by atomic mass is 9.93. The van der Waals surface area contributed by atoms with E-state index in [-0.39, 0.29) is 50.6 Å². The third-order valence-corrected chi connectivity index (χ3v) is 11.6. The molecule has 6 heterocycles. The zero-order valence-corrected chi connectivity index (χ0v) is 35.3. The van der Waals surface area contributed by atoms with Crippen LogP contribution in [0.25, 0.3) is 44.3 Å². The molecule has 1 aliphatic carbocycles. The number of carbonyl (C=O) groups is 3. The number of H-pyrrole nitrogens is 2. The fourth-order valence-corrected chi connectivity index (χ4v) is 8.04. The first-order valence-corrected chi connectivity index (χ1v) is 20.6. The van der Waals surface area contributed by atoms with Crippen LogP contribution in [0.1, 0.15) is 60.7 Å². The van der Waals surface area contributed by atoms with Crippen molar-refractivity contribution in [1.82, 2.24) is 29.5 Å². The van der Waals surface area contributed by atoms with E-state index in [1.165, 1.54) is 67.8 Å². The highest BCUT2D eigenvalue weighted by Gasteiger charge is 2.27. The molecule has 20 nitrogen and oxygen atoms in total. The van der Waals surface area contributed by atoms with Gasteiger partial charge in [-0.05, 0) is 92.8 Å². The van der Waals surface area contributed by atoms with Crippen molar-refractivity contribution in [3.05, 3.63) is 144 Å². The number of carbonyl (C=O) groups excluding carboxylic acids is 3. The summed E-state index contributed by atoms with van der Waals surface area (Å²) >= 11 is 0. The van der Waals surface area contributed by atoms with Gasteiger partial charge >= 0.3 is 0 Å². The summed E-state index contributed by atoms with van der Waals surface area (Å²) in [6.45, 7) is 1.68. The Hall–Kier alpha value is -9.33. The summed E-state index contributed by atoms with van der Waals surface area (Å²) in [5.41, 5.74) is -1.18. The van der Waals surface area contributed by atoms with E-state index < -0.39 is 74.2 Å². The van der Waals surface area contributed by atoms with Crippen molar-refractivity contribution in [3.63, 3.8) is 0 Å². The predicted molar refractivity (Wildman–Crippen MR) is 245 cm³/mol. The number of hydrogen-bond donors (Lipinski definition) is 10. The molecule has 2 aromatic carbocycles. The first kappa shape index (κ1) is 42.9. The number of nitrogens with zero attached hydrogens (tertiary/aromatic N) is 4. The SMILES string of the molecule is Cc1ccc(-c2ccc3[nH]c(=O)c(C(=O)Nc4nc(-c5ccc6c(c5)c(O)c(C(=O)Nc5ncccc5O)c(=O)n6C)ccc4O)c(O)c3c2)nc1NC(=O)c1c(O)c2c([nH]c1=O)CCCC2. The van der Waals surface area contributed by atoms with E-state index in [2.05, 4.69) is 40.9 Å². The van der Waals surface area contributed by atoms with Crippen LogP contribution in [0.4, 0.5) is 17.5 Å². The van der Waals surface area contributed by atoms with Gasteiger partial charge in [0.1, 0.15) is 39.8 Å². The first-order valence-electron chi connectivity index (χ1n) is 20.6. The van der Waals surface area contributed by atoms with E-state index in [4.69, 9.17) is 0 Å². The van der Waals surface area contributed by atoms with Crippen molar-refractivity contribution >= 4 is 57.0 Å². The summed E-state index contributed by atoms with van der Waals surface area (Å²) in [5, 5.41) is 61.9. The zero-order valence-electron chi connectivity index (χ0n) is 35.3. The van der Waals surface area contributed by atoms with Crippen LogP contribution < -0.4 is 32.6 Å². The molecule has 0 saturated heterocycles. The number of anilines is 3. The van der Waals surface area contributed by atoms with Crippen LogP contribution in [0.2, 0.25) is 0 Å². The van der Waals surface area contributed by atoms with Crippen molar-refractivity contribution in [2.24, 2.45) is 7.05 Å². The molecule has 0 bridgehead atoms. The number of aromatic hydroxyl groups is 5. The average Bonchev–Trinajstić information content (AvgIpc) is 3.30. The molecule has 0 spiro atoms. The normalized spacial score (nSPS) is 12.1. The number of pyridine rings is 6. The Balaban J connectivity index is 0.998. The number of fused-ring (bicyclic) bond motifs is 3. The van der Waals surface area contributed by atoms with Crippen molar-refractivity contribution in [2.75, 3.05) is 16.0 Å². The minimum atomic E-state index is -1.15. The molecule has 0 atom stereocenters. The quantitative estimate of drug-likeness (QED) is 0.0954. The van der Waals surface area contributed by atoms with Gasteiger partial charge in [0.05, 0.1) is 22.4 Å². The fraction of sp³-hybridized carbons (Fsp3) is 0.128. The zero-order chi connectivity index (χ0) is 47.4. The lowest BCUT2D eigenvalue weighted by molar-refractivity contribution is 0.101. The summed E-state index contributed by atoms with van der Waals surface area (Å²) in [4.78, 5) is 97.9. The number of benzene rings is 2. The largest absolute Gasteiger partial charge is 0.507 e. The Morgan fingerprint density at radius 1 is 0.627 bits per heavy atom. The van der Waals surface area contributed by atoms with Crippen LogP contribution in [0.5, 0.6) is 28.7 Å². The Morgan fingerprint density at radius 3 is 1.96 bits per heavy atom. The van der Waals surface area contributed by atoms with E-state index in [1.54, 1.807) is 25.1 Å². The van der Waals surface area contributed by atoms with Crippen molar-refractivity contribution in [2.45, 2.75) is 32.6 Å². The molecule has 8 aromatic rings. The Bertz CT molecular complexity index is 3640. The van der Waals surface area contributed by atoms with Gasteiger partial charge in [-0.25, -0.2) is 15.0 Å². The molecule has 0 saturated carbocycles. The highest BCUT2D eigenvalue weighted by Crippen LogP contribution is 2.35. The van der Waals surface area contributed by atoms with Gasteiger partial charge in [0.2, 0.25) is 0 Å². The number of aryl methyl sites for hydroxylation is 3. The van der Waals surface area contributed by atoms with Crippen molar-refractivity contribution in [3.8, 4) is 51.3 Å². The lowest BCUT2D eigenvalue weighted by Crippen LogP contribution is -2.28. The average molecular weight is 904 g/mol. The van der Waals surface area contributed by atoms with Gasteiger partial charge in [-0.15, -0.1) is 0 Å². The second kappa shape index (κ2) is 16.7. The predicted octanol–water partition coefficient (Wildman–Crippen LogP) is 5.06. The van der Waals surface area contributed by atoms with Crippen LogP contribution in [0, 0.1) is 6.92 Å². The lowest BCUT2D eigenvalue weighted by Gasteiger charge is -2.18. The van der Waals surface area contributed by atoms with Gasteiger partial charge in [0.25, 0.3) is 34.4 Å². The standard InChI is InChI=1S/C47H37N9O11/c1-20-9-12-26(49-39(20)53-44(64)33-36(59)23-6-3-4-7-28(23)51-42(33)62)21-10-13-29-24(18-21)37(60)34(43(63)52-29)45(65)55-41-32(58)16-14-27(50-41)22-11-15-30-25(19-22)38(61)35(47(67)56(30)2)46(66)54-40-31(57)8-5-17-48-40/h5,8-19,57-58,61H,3-4,6-7H2,1-2H3,(H,48,54,66)(H,49,53,64)(H,50,55,65)(H2,51,59,62)(H2,52,60,63). The number of aromatic nitrogens is 6. The molecule has 10 N–H and O–H groups in total. The maximum Gasteiger partial charge on any atom is 0.267 e. The van der Waals surface area contributed by atoms with Gasteiger partial charge in [0.15, 0.2) is 23.1 Å². The fourth-order valence-electron chi connectivity index (χ4n) is 8.04. The van der Waals surface area contributed by atoms with Crippen LogP contribution in [-0.4, -0.2) is 72.7 Å². The van der Waals surface area contributed by atoms with E-state index in [9.17, 15) is 54.3 Å². The van der Waals surface area contributed by atoms with Crippen molar-refractivity contribution in [1.29, 1.82) is 0 Å². The minimum absolute atomic E-state index is 0.0295. The Kier molecular flexibility index (Phi) is 10.7. The van der Waals surface area contributed by atoms with Crippen molar-refractivity contribution < 1.29 is 39.9 Å². The van der Waals surface area contributed by atoms with E-state index in [0.29, 0.717) is 46.5 Å². The summed E-state index contributed by atoms with van der Waals surface area (Å²) < 4.78 is 1.14. The number of aromatic amines is 2. The first-order chi connectivity index (χ1) is 32.1. The third-order valence-electron chi connectivity index (χ3n) is 11.6. The van der Waals surface area contributed by atoms with Gasteiger partial charge in [-0.1, -0.05) is 18.2 Å². The number of amides is 3. The van der Waals surface area contributed by atoms with E-state index >= 15 is 0 Å². The number of nitrogens with one attached hydrogen (secondary N) is 5. The highest BCUT2D eigenvalue weighted by molar-refractivity contribution is 6.11. The molecule has 3 amide bonds. The topological polar surface area (TPSA) is 315 Å². The molecule has 67 heavy (non-hydrogen) atoms. The number of rotatable bonds is 8. The highest BCUT2D eigenvalue weighted by atomic mass is 16.3. The van der Waals surface area contributed by atoms with E-state index in [0.717, 1.165) is 17.4 Å². The molecule has 0 fully saturated rings. The van der Waals surface area contributed by atoms with Gasteiger partial charge in [-0.2, -0.15) is 0 Å². The molecule has 0 radical (unpaired) electrons. The van der Waals surface area contributed by atoms with Crippen LogP contribution in [-0.2, 0) is 19.9 Å². The maximum absolute atomic E-state index is 13.8. The van der Waals surface area contributed by atoms with Gasteiger partial charge < -0.3 is 56.0 Å². The Morgan fingerprint density at radius 2 is 1.21 bits per heavy atom. The second-order valence-electron chi connectivity index (χ2n) is 15.8. The molecule has 0 aliphatic heterocycles. The number of hydrogen-bond acceptors (Lipinski definition) is 14. The molecule has 336 valence electrons. The summed E-state index contributed by atoms with van der Waals surface area (Å²) in [5.74, 6) is -6.27. The van der Waals surface area contributed by atoms with E-state index in [1.807, 2.05) is 0 Å². The summed E-state index contributed by atoms with van der Waals surface area (Å²) in [6.07, 6.45) is 4.06. The monoisotopic (exact) mass is 903 g/mol. The molecule has 6 aromatic heterocycles. The molecule has 0 unspecified atom stereocenters. The van der Waals surface area contributed by atoms with Gasteiger partial charge in [0, 0.05) is 46.4 Å². The molecule has 20 heteroatoms. The third kappa shape index (κ3) is 7.66. The molecule has 1 aliphatic rings. The van der Waals surface area contributed by atoms with Crippen LogP contribution >= 0.6 is 0 Å². The van der Waals surface area contributed by atoms with Crippen LogP contribution in [0.3, 0.4) is 0 Å². The molecule has 9 rings (SSSR count). The maximum atomic E-state index is 13.8. The van der Waals surface area contributed by atoms with Gasteiger partial charge in [-0.3, -0.25) is 28.8 Å². The minimum Gasteiger partial charge on any atom is -0.507 e. The second-order valence-corrected chi connectivity index (χ2v) is 15.8. The molecular formula is C47H37N9O11. The Labute approximate surface area is 375 Å². The van der Waals surface area contributed by atoms with Crippen LogP contribution in [0.15, 0.2) is 93.4 Å². The smallest absolute Gasteiger partial charge is 0.267 e. The summed E-state index contributed by atoms with van der Waals surface area (Å²) in [6, 6.07) is 17.6. The molecular weight excluding hydrogens is 867 g/mol.